The number of pyridine rings is 1. The van der Waals surface area contributed by atoms with Gasteiger partial charge in [-0.1, -0.05) is 19.3 Å². The van der Waals surface area contributed by atoms with E-state index in [9.17, 15) is 9.59 Å². The van der Waals surface area contributed by atoms with Crippen molar-refractivity contribution in [2.45, 2.75) is 38.5 Å². The van der Waals surface area contributed by atoms with Crippen LogP contribution in [-0.4, -0.2) is 39.0 Å². The molecule has 0 spiro atoms. The number of carbonyl (C=O) groups is 2. The van der Waals surface area contributed by atoms with Crippen LogP contribution in [0.1, 0.15) is 43.5 Å². The number of carboxylic acids is 1. The number of nitrogens with one attached hydrogen (secondary N) is 1. The van der Waals surface area contributed by atoms with Gasteiger partial charge in [-0.3, -0.25) is 4.79 Å². The Morgan fingerprint density at radius 2 is 1.85 bits per heavy atom. The second-order valence-corrected chi connectivity index (χ2v) is 9.28. The van der Waals surface area contributed by atoms with Crippen molar-refractivity contribution in [2.24, 2.45) is 5.41 Å². The third-order valence-corrected chi connectivity index (χ3v) is 6.91. The Morgan fingerprint density at radius 1 is 1.12 bits per heavy atom. The average molecular weight is 479 g/mol. The topological polar surface area (TPSA) is 114 Å². The monoisotopic (exact) mass is 478 g/mol. The van der Waals surface area contributed by atoms with Gasteiger partial charge < -0.3 is 15.2 Å². The number of nitrogens with zero attached hydrogens (tertiary/aromatic N) is 3. The van der Waals surface area contributed by atoms with E-state index in [2.05, 4.69) is 20.3 Å². The molecule has 1 fully saturated rings. The Balaban J connectivity index is 1.48. The lowest BCUT2D eigenvalue weighted by Crippen LogP contribution is -2.40. The number of hydrogen-bond acceptors (Lipinski definition) is 7. The first-order valence-corrected chi connectivity index (χ1v) is 12.0. The number of carbonyl (C=O) groups excluding carboxylic acids is 1. The number of rotatable bonds is 8. The maximum atomic E-state index is 13.4. The summed E-state index contributed by atoms with van der Waals surface area (Å²) < 4.78 is 5.10. The largest absolute Gasteiger partial charge is 0.481 e. The highest BCUT2D eigenvalue weighted by atomic mass is 32.1. The van der Waals surface area contributed by atoms with Gasteiger partial charge in [0.25, 0.3) is 0 Å². The number of carboxylic acid groups (broad SMARTS) is 1. The molecule has 3 aromatic rings. The van der Waals surface area contributed by atoms with E-state index < -0.39 is 11.4 Å². The molecule has 0 aliphatic heterocycles. The fraction of sp³-hybridized carbons (Fsp3) is 0.320. The number of ether oxygens (including phenoxy) is 1. The summed E-state index contributed by atoms with van der Waals surface area (Å²) in [4.78, 5) is 37.5. The molecule has 0 radical (unpaired) electrons. The summed E-state index contributed by atoms with van der Waals surface area (Å²) in [5.74, 6) is 0.142. The number of methoxy groups -OCH3 is 1. The van der Waals surface area contributed by atoms with Crippen LogP contribution in [0.25, 0.3) is 17.2 Å². The van der Waals surface area contributed by atoms with E-state index in [1.165, 1.54) is 17.4 Å². The molecule has 4 rings (SSSR count). The lowest BCUT2D eigenvalue weighted by molar-refractivity contribution is -0.131. The molecule has 1 amide bonds. The quantitative estimate of drug-likeness (QED) is 0.445. The van der Waals surface area contributed by atoms with Crippen LogP contribution in [0.15, 0.2) is 48.2 Å². The van der Waals surface area contributed by atoms with Crippen LogP contribution < -0.4 is 10.1 Å². The van der Waals surface area contributed by atoms with Crippen molar-refractivity contribution < 1.29 is 19.4 Å². The van der Waals surface area contributed by atoms with Crippen LogP contribution in [0.3, 0.4) is 0 Å². The van der Waals surface area contributed by atoms with Crippen molar-refractivity contribution in [1.82, 2.24) is 15.0 Å². The standard InChI is InChI=1S/C25H26N4O4S/c1-33-21-7-6-18(13-28-21)19-14-26-20(27-15-19)12-25(9-3-2-4-10-25)24(32)29-22-11-17(16-34-22)5-8-23(30)31/h5-8,11,13-16H,2-4,9-10,12H2,1H3,(H,29,32)(H,30,31)/b8-5+. The van der Waals surface area contributed by atoms with Gasteiger partial charge in [-0.15, -0.1) is 11.3 Å². The summed E-state index contributed by atoms with van der Waals surface area (Å²) >= 11 is 1.38. The Labute approximate surface area is 201 Å². The maximum absolute atomic E-state index is 13.4. The predicted octanol–water partition coefficient (Wildman–Crippen LogP) is 4.84. The van der Waals surface area contributed by atoms with E-state index in [-0.39, 0.29) is 5.91 Å². The lowest BCUT2D eigenvalue weighted by Gasteiger charge is -2.35. The van der Waals surface area contributed by atoms with Crippen molar-refractivity contribution in [1.29, 1.82) is 0 Å². The first kappa shape index (κ1) is 23.6. The zero-order valence-corrected chi connectivity index (χ0v) is 19.7. The smallest absolute Gasteiger partial charge is 0.328 e. The second kappa shape index (κ2) is 10.6. The van der Waals surface area contributed by atoms with Gasteiger partial charge >= 0.3 is 5.97 Å². The molecule has 1 saturated carbocycles. The Kier molecular flexibility index (Phi) is 7.32. The van der Waals surface area contributed by atoms with Gasteiger partial charge in [-0.2, -0.15) is 0 Å². The van der Waals surface area contributed by atoms with Gasteiger partial charge in [0.2, 0.25) is 11.8 Å². The summed E-state index contributed by atoms with van der Waals surface area (Å²) in [5, 5.41) is 14.4. The van der Waals surface area contributed by atoms with Crippen LogP contribution in [0, 0.1) is 5.41 Å². The molecule has 0 bridgehead atoms. The predicted molar refractivity (Wildman–Crippen MR) is 131 cm³/mol. The molecule has 34 heavy (non-hydrogen) atoms. The van der Waals surface area contributed by atoms with Gasteiger partial charge in [-0.25, -0.2) is 19.7 Å². The SMILES string of the molecule is COc1ccc(-c2cnc(CC3(C(=O)Nc4cc(/C=C/C(=O)O)cs4)CCCCC3)nc2)cn1. The van der Waals surface area contributed by atoms with Crippen LogP contribution in [0.2, 0.25) is 0 Å². The first-order valence-electron chi connectivity index (χ1n) is 11.1. The van der Waals surface area contributed by atoms with Crippen LogP contribution >= 0.6 is 11.3 Å². The molecule has 0 unspecified atom stereocenters. The zero-order chi connectivity index (χ0) is 24.0. The van der Waals surface area contributed by atoms with Crippen LogP contribution in [0.5, 0.6) is 5.88 Å². The highest BCUT2D eigenvalue weighted by Crippen LogP contribution is 2.40. The summed E-state index contributed by atoms with van der Waals surface area (Å²) in [6, 6.07) is 5.48. The molecule has 1 aliphatic rings. The summed E-state index contributed by atoms with van der Waals surface area (Å²) in [5.41, 5.74) is 1.92. The zero-order valence-electron chi connectivity index (χ0n) is 18.9. The minimum Gasteiger partial charge on any atom is -0.481 e. The highest BCUT2D eigenvalue weighted by Gasteiger charge is 2.40. The Morgan fingerprint density at radius 3 is 2.50 bits per heavy atom. The van der Waals surface area contributed by atoms with Crippen molar-refractivity contribution in [2.75, 3.05) is 12.4 Å². The third kappa shape index (κ3) is 5.66. The van der Waals surface area contributed by atoms with E-state index in [1.54, 1.807) is 37.8 Å². The van der Waals surface area contributed by atoms with Crippen LogP contribution in [-0.2, 0) is 16.0 Å². The molecular weight excluding hydrogens is 452 g/mol. The van der Waals surface area contributed by atoms with Gasteiger partial charge in [0.1, 0.15) is 5.82 Å². The number of thiophene rings is 1. The van der Waals surface area contributed by atoms with Crippen molar-refractivity contribution in [3.8, 4) is 17.0 Å². The summed E-state index contributed by atoms with van der Waals surface area (Å²) in [6.45, 7) is 0. The molecule has 3 aromatic heterocycles. The fourth-order valence-corrected chi connectivity index (χ4v) is 4.96. The number of hydrogen-bond donors (Lipinski definition) is 2. The molecule has 176 valence electrons. The van der Waals surface area contributed by atoms with E-state index in [0.29, 0.717) is 23.1 Å². The Bertz CT molecular complexity index is 1170. The number of aliphatic carboxylic acids is 1. The van der Waals surface area contributed by atoms with E-state index in [4.69, 9.17) is 9.84 Å². The molecule has 2 N–H and O–H groups in total. The molecule has 0 saturated heterocycles. The van der Waals surface area contributed by atoms with Crippen molar-refractivity contribution >= 4 is 34.3 Å². The van der Waals surface area contributed by atoms with Crippen LogP contribution in [0.4, 0.5) is 5.00 Å². The summed E-state index contributed by atoms with van der Waals surface area (Å²) in [6.07, 6.45) is 13.0. The molecular formula is C25H26N4O4S. The summed E-state index contributed by atoms with van der Waals surface area (Å²) in [7, 11) is 1.57. The minimum absolute atomic E-state index is 0.0326. The van der Waals surface area contributed by atoms with E-state index >= 15 is 0 Å². The number of aromatic nitrogens is 3. The molecule has 3 heterocycles. The normalized spacial score (nSPS) is 15.2. The van der Waals surface area contributed by atoms with Crippen molar-refractivity contribution in [3.63, 3.8) is 0 Å². The minimum atomic E-state index is -1.01. The fourth-order valence-electron chi connectivity index (χ4n) is 4.20. The number of anilines is 1. The molecule has 1 aliphatic carbocycles. The molecule has 0 atom stereocenters. The van der Waals surface area contributed by atoms with Gasteiger partial charge in [0.05, 0.1) is 17.5 Å². The molecule has 9 heteroatoms. The second-order valence-electron chi connectivity index (χ2n) is 8.36. The maximum Gasteiger partial charge on any atom is 0.328 e. The van der Waals surface area contributed by atoms with Gasteiger partial charge in [0, 0.05) is 53.7 Å². The van der Waals surface area contributed by atoms with E-state index in [0.717, 1.165) is 54.9 Å². The van der Waals surface area contributed by atoms with E-state index in [1.807, 2.05) is 11.4 Å². The highest BCUT2D eigenvalue weighted by molar-refractivity contribution is 7.14. The van der Waals surface area contributed by atoms with Crippen molar-refractivity contribution in [3.05, 3.63) is 59.6 Å². The molecule has 0 aromatic carbocycles. The number of amides is 1. The lowest BCUT2D eigenvalue weighted by atomic mass is 9.71. The first-order chi connectivity index (χ1) is 16.5. The Hall–Kier alpha value is -3.59. The van der Waals surface area contributed by atoms with Gasteiger partial charge in [-0.05, 0) is 36.6 Å². The third-order valence-electron chi connectivity index (χ3n) is 6.05. The average Bonchev–Trinajstić information content (AvgIpc) is 3.31. The molecule has 8 nitrogen and oxygen atoms in total. The van der Waals surface area contributed by atoms with Gasteiger partial charge in [0.15, 0.2) is 0 Å².